The molecule has 0 atom stereocenters. The van der Waals surface area contributed by atoms with Crippen LogP contribution >= 0.6 is 0 Å². The highest BCUT2D eigenvalue weighted by molar-refractivity contribution is 5.96. The number of pyridine rings is 1. The number of rotatable bonds is 4. The van der Waals surface area contributed by atoms with Crippen LogP contribution in [-0.4, -0.2) is 27.4 Å². The van der Waals surface area contributed by atoms with Crippen LogP contribution in [0.5, 0.6) is 5.75 Å². The van der Waals surface area contributed by atoms with Crippen molar-refractivity contribution in [1.82, 2.24) is 9.88 Å². The molecule has 104 valence electrons. The molecule has 0 saturated heterocycles. The van der Waals surface area contributed by atoms with Gasteiger partial charge in [-0.05, 0) is 38.1 Å². The van der Waals surface area contributed by atoms with Gasteiger partial charge >= 0.3 is 0 Å². The van der Waals surface area contributed by atoms with Crippen molar-refractivity contribution in [1.29, 1.82) is 0 Å². The zero-order valence-corrected chi connectivity index (χ0v) is 11.7. The number of nitrogens with zero attached hydrogens (tertiary/aromatic N) is 2. The van der Waals surface area contributed by atoms with Crippen molar-refractivity contribution in [2.24, 2.45) is 0 Å². The van der Waals surface area contributed by atoms with Crippen LogP contribution in [0.1, 0.15) is 28.5 Å². The van der Waals surface area contributed by atoms with E-state index in [2.05, 4.69) is 4.98 Å². The fourth-order valence-corrected chi connectivity index (χ4v) is 2.04. The first-order valence-corrected chi connectivity index (χ1v) is 6.61. The summed E-state index contributed by atoms with van der Waals surface area (Å²) in [5.41, 5.74) is 1.99. The first-order chi connectivity index (χ1) is 9.63. The Labute approximate surface area is 118 Å². The lowest BCUT2D eigenvalue weighted by atomic mass is 10.1. The predicted molar refractivity (Wildman–Crippen MR) is 77.5 cm³/mol. The fraction of sp³-hybridized carbons (Fsp3) is 0.250. The molecule has 0 aliphatic heterocycles. The van der Waals surface area contributed by atoms with Gasteiger partial charge in [0.25, 0.3) is 5.91 Å². The lowest BCUT2D eigenvalue weighted by Gasteiger charge is -2.21. The second-order valence-corrected chi connectivity index (χ2v) is 4.59. The summed E-state index contributed by atoms with van der Waals surface area (Å²) >= 11 is 0. The number of aromatic hydroxyl groups is 1. The Morgan fingerprint density at radius 1 is 1.25 bits per heavy atom. The van der Waals surface area contributed by atoms with E-state index in [0.717, 1.165) is 5.69 Å². The Kier molecular flexibility index (Phi) is 4.35. The standard InChI is InChI=1S/C16H18N2O2/c1-3-18(11-13-7-4-5-10-17-13)16(20)14-8-6-9-15(19)12(14)2/h4-10,19H,3,11H2,1-2H3. The molecule has 4 nitrogen and oxygen atoms in total. The lowest BCUT2D eigenvalue weighted by Crippen LogP contribution is -2.31. The Bertz CT molecular complexity index is 597. The van der Waals surface area contributed by atoms with E-state index in [1.807, 2.05) is 25.1 Å². The molecule has 0 unspecified atom stereocenters. The third-order valence-corrected chi connectivity index (χ3v) is 3.28. The van der Waals surface area contributed by atoms with E-state index in [0.29, 0.717) is 24.2 Å². The molecule has 2 aromatic rings. The third-order valence-electron chi connectivity index (χ3n) is 3.28. The number of carbonyl (C=O) groups is 1. The molecule has 0 saturated carbocycles. The number of carbonyl (C=O) groups excluding carboxylic acids is 1. The number of amides is 1. The van der Waals surface area contributed by atoms with Gasteiger partial charge in [0.05, 0.1) is 12.2 Å². The minimum absolute atomic E-state index is 0.0912. The van der Waals surface area contributed by atoms with Gasteiger partial charge in [-0.15, -0.1) is 0 Å². The van der Waals surface area contributed by atoms with Crippen LogP contribution in [0.3, 0.4) is 0 Å². The first kappa shape index (κ1) is 14.1. The zero-order valence-electron chi connectivity index (χ0n) is 11.7. The first-order valence-electron chi connectivity index (χ1n) is 6.61. The fourth-order valence-electron chi connectivity index (χ4n) is 2.04. The molecule has 1 aromatic heterocycles. The lowest BCUT2D eigenvalue weighted by molar-refractivity contribution is 0.0749. The number of aromatic nitrogens is 1. The minimum atomic E-state index is -0.0912. The Hall–Kier alpha value is -2.36. The summed E-state index contributed by atoms with van der Waals surface area (Å²) in [6.07, 6.45) is 1.72. The van der Waals surface area contributed by atoms with Crippen LogP contribution < -0.4 is 0 Å². The van der Waals surface area contributed by atoms with Crippen LogP contribution in [0.15, 0.2) is 42.6 Å². The number of hydrogen-bond donors (Lipinski definition) is 1. The maximum absolute atomic E-state index is 12.5. The molecule has 0 spiro atoms. The van der Waals surface area contributed by atoms with Crippen molar-refractivity contribution in [3.63, 3.8) is 0 Å². The van der Waals surface area contributed by atoms with E-state index in [1.54, 1.807) is 36.2 Å². The molecule has 0 bridgehead atoms. The van der Waals surface area contributed by atoms with Gasteiger partial charge in [0, 0.05) is 23.9 Å². The van der Waals surface area contributed by atoms with Crippen molar-refractivity contribution in [3.8, 4) is 5.75 Å². The number of phenols is 1. The van der Waals surface area contributed by atoms with Gasteiger partial charge < -0.3 is 10.0 Å². The van der Waals surface area contributed by atoms with Crippen LogP contribution in [0.2, 0.25) is 0 Å². The van der Waals surface area contributed by atoms with Gasteiger partial charge in [-0.25, -0.2) is 0 Å². The van der Waals surface area contributed by atoms with Crippen LogP contribution in [0.4, 0.5) is 0 Å². The molecule has 0 aliphatic rings. The van der Waals surface area contributed by atoms with Crippen molar-refractivity contribution in [2.75, 3.05) is 6.54 Å². The maximum atomic E-state index is 12.5. The van der Waals surface area contributed by atoms with Gasteiger partial charge in [-0.2, -0.15) is 0 Å². The quantitative estimate of drug-likeness (QED) is 0.929. The molecule has 2 rings (SSSR count). The van der Waals surface area contributed by atoms with E-state index >= 15 is 0 Å². The van der Waals surface area contributed by atoms with Crippen molar-refractivity contribution in [2.45, 2.75) is 20.4 Å². The SMILES string of the molecule is CCN(Cc1ccccn1)C(=O)c1cccc(O)c1C. The van der Waals surface area contributed by atoms with E-state index in [1.165, 1.54) is 0 Å². The Morgan fingerprint density at radius 3 is 2.70 bits per heavy atom. The molecule has 4 heteroatoms. The monoisotopic (exact) mass is 270 g/mol. The number of benzene rings is 1. The summed E-state index contributed by atoms with van der Waals surface area (Å²) in [4.78, 5) is 18.5. The third kappa shape index (κ3) is 2.96. The smallest absolute Gasteiger partial charge is 0.254 e. The highest BCUT2D eigenvalue weighted by Crippen LogP contribution is 2.21. The predicted octanol–water partition coefficient (Wildman–Crippen LogP) is 2.76. The van der Waals surface area contributed by atoms with Gasteiger partial charge in [0.1, 0.15) is 5.75 Å². The number of phenolic OH excluding ortho intramolecular Hbond substituents is 1. The average Bonchev–Trinajstić information content (AvgIpc) is 2.48. The average molecular weight is 270 g/mol. The Balaban J connectivity index is 2.23. The van der Waals surface area contributed by atoms with Gasteiger partial charge in [0.15, 0.2) is 0 Å². The van der Waals surface area contributed by atoms with E-state index in [4.69, 9.17) is 0 Å². The summed E-state index contributed by atoms with van der Waals surface area (Å²) in [6.45, 7) is 4.73. The molecule has 0 radical (unpaired) electrons. The normalized spacial score (nSPS) is 10.3. The van der Waals surface area contributed by atoms with Gasteiger partial charge in [0.2, 0.25) is 0 Å². The van der Waals surface area contributed by atoms with E-state index in [9.17, 15) is 9.90 Å². The van der Waals surface area contributed by atoms with E-state index < -0.39 is 0 Å². The van der Waals surface area contributed by atoms with Crippen molar-refractivity contribution >= 4 is 5.91 Å². The van der Waals surface area contributed by atoms with Crippen molar-refractivity contribution < 1.29 is 9.90 Å². The maximum Gasteiger partial charge on any atom is 0.254 e. The molecule has 1 N–H and O–H groups in total. The highest BCUT2D eigenvalue weighted by atomic mass is 16.3. The highest BCUT2D eigenvalue weighted by Gasteiger charge is 2.18. The van der Waals surface area contributed by atoms with Crippen LogP contribution in [-0.2, 0) is 6.54 Å². The van der Waals surface area contributed by atoms with Gasteiger partial charge in [-0.1, -0.05) is 12.1 Å². The largest absolute Gasteiger partial charge is 0.508 e. The second kappa shape index (κ2) is 6.19. The molecule has 1 heterocycles. The second-order valence-electron chi connectivity index (χ2n) is 4.59. The molecule has 1 aromatic carbocycles. The molecule has 0 aliphatic carbocycles. The summed E-state index contributed by atoms with van der Waals surface area (Å²) in [5.74, 6) is 0.0521. The number of hydrogen-bond acceptors (Lipinski definition) is 3. The van der Waals surface area contributed by atoms with Crippen LogP contribution in [0.25, 0.3) is 0 Å². The molecule has 1 amide bonds. The van der Waals surface area contributed by atoms with Crippen molar-refractivity contribution in [3.05, 3.63) is 59.4 Å². The minimum Gasteiger partial charge on any atom is -0.508 e. The summed E-state index contributed by atoms with van der Waals surface area (Å²) in [6, 6.07) is 10.6. The summed E-state index contributed by atoms with van der Waals surface area (Å²) < 4.78 is 0. The molecule has 20 heavy (non-hydrogen) atoms. The molecule has 0 fully saturated rings. The topological polar surface area (TPSA) is 53.4 Å². The summed E-state index contributed by atoms with van der Waals surface area (Å²) in [7, 11) is 0. The van der Waals surface area contributed by atoms with Gasteiger partial charge in [-0.3, -0.25) is 9.78 Å². The zero-order chi connectivity index (χ0) is 14.5. The molecular formula is C16H18N2O2. The Morgan fingerprint density at radius 2 is 2.05 bits per heavy atom. The summed E-state index contributed by atoms with van der Waals surface area (Å²) in [5, 5.41) is 9.71. The van der Waals surface area contributed by atoms with E-state index in [-0.39, 0.29) is 11.7 Å². The molecular weight excluding hydrogens is 252 g/mol. The van der Waals surface area contributed by atoms with Crippen LogP contribution in [0, 0.1) is 6.92 Å².